The Morgan fingerprint density at radius 2 is 1.77 bits per heavy atom. The highest BCUT2D eigenvalue weighted by atomic mass is 16.2. The Labute approximate surface area is 186 Å². The third kappa shape index (κ3) is 4.59. The van der Waals surface area contributed by atoms with E-state index in [1.165, 1.54) is 44.9 Å². The molecule has 3 aliphatic heterocycles. The zero-order valence-corrected chi connectivity index (χ0v) is 18.9. The minimum atomic E-state index is 0.0991. The number of hydrogen-bond acceptors (Lipinski definition) is 4. The lowest BCUT2D eigenvalue weighted by Gasteiger charge is -2.44. The van der Waals surface area contributed by atoms with Crippen molar-refractivity contribution in [3.05, 3.63) is 27.9 Å². The van der Waals surface area contributed by atoms with Crippen LogP contribution < -0.4 is 5.56 Å². The lowest BCUT2D eigenvalue weighted by Crippen LogP contribution is -2.52. The average Bonchev–Trinajstić information content (AvgIpc) is 3.05. The second-order valence-corrected chi connectivity index (χ2v) is 10.3. The maximum Gasteiger partial charge on any atom is 0.253 e. The van der Waals surface area contributed by atoms with Crippen molar-refractivity contribution in [3.63, 3.8) is 0 Å². The average molecular weight is 427 g/mol. The van der Waals surface area contributed by atoms with Crippen molar-refractivity contribution >= 4 is 5.91 Å². The minimum Gasteiger partial charge on any atom is -0.341 e. The van der Waals surface area contributed by atoms with Crippen LogP contribution in [0.5, 0.6) is 0 Å². The fraction of sp³-hybridized carbons (Fsp3) is 0.800. The summed E-state index contributed by atoms with van der Waals surface area (Å²) in [5.74, 6) is 2.24. The number of amides is 1. The summed E-state index contributed by atoms with van der Waals surface area (Å²) in [6.07, 6.45) is 14.2. The fourth-order valence-electron chi connectivity index (χ4n) is 6.59. The summed E-state index contributed by atoms with van der Waals surface area (Å²) in [5.41, 5.74) is 1.02. The van der Waals surface area contributed by atoms with Crippen LogP contribution in [-0.2, 0) is 17.8 Å². The van der Waals surface area contributed by atoms with Crippen LogP contribution in [0.2, 0.25) is 0 Å². The minimum absolute atomic E-state index is 0.0991. The third-order valence-electron chi connectivity index (χ3n) is 8.28. The topological polar surface area (TPSA) is 58.4 Å². The number of likely N-dealkylation sites (tertiary alicyclic amines) is 2. The molecule has 1 aliphatic carbocycles. The van der Waals surface area contributed by atoms with E-state index < -0.39 is 0 Å². The monoisotopic (exact) mass is 426 g/mol. The van der Waals surface area contributed by atoms with Gasteiger partial charge in [-0.1, -0.05) is 19.3 Å². The van der Waals surface area contributed by atoms with Crippen molar-refractivity contribution in [2.75, 3.05) is 26.2 Å². The van der Waals surface area contributed by atoms with E-state index in [1.807, 2.05) is 4.57 Å². The molecule has 170 valence electrons. The molecule has 31 heavy (non-hydrogen) atoms. The van der Waals surface area contributed by atoms with Gasteiger partial charge in [-0.15, -0.1) is 0 Å². The lowest BCUT2D eigenvalue weighted by atomic mass is 9.78. The number of nitrogens with zero attached hydrogens (tertiary/aromatic N) is 4. The first kappa shape index (κ1) is 21.2. The van der Waals surface area contributed by atoms with E-state index in [2.05, 4.69) is 9.80 Å². The maximum absolute atomic E-state index is 13.3. The normalized spacial score (nSPS) is 29.7. The molecule has 2 saturated heterocycles. The first-order valence-corrected chi connectivity index (χ1v) is 12.8. The van der Waals surface area contributed by atoms with Crippen molar-refractivity contribution in [1.82, 2.24) is 19.4 Å². The highest BCUT2D eigenvalue weighted by Gasteiger charge is 2.35. The Morgan fingerprint density at radius 3 is 2.71 bits per heavy atom. The van der Waals surface area contributed by atoms with Gasteiger partial charge in [-0.25, -0.2) is 4.98 Å². The third-order valence-corrected chi connectivity index (χ3v) is 8.28. The predicted molar refractivity (Wildman–Crippen MR) is 121 cm³/mol. The van der Waals surface area contributed by atoms with E-state index in [9.17, 15) is 9.59 Å². The van der Waals surface area contributed by atoms with E-state index >= 15 is 0 Å². The van der Waals surface area contributed by atoms with Crippen LogP contribution in [0.1, 0.15) is 88.1 Å². The number of fused-ring (bicyclic) bond motifs is 2. The van der Waals surface area contributed by atoms with Crippen molar-refractivity contribution in [2.45, 2.75) is 95.6 Å². The summed E-state index contributed by atoms with van der Waals surface area (Å²) >= 11 is 0. The van der Waals surface area contributed by atoms with Crippen LogP contribution in [0.25, 0.3) is 0 Å². The Hall–Kier alpha value is -1.69. The zero-order valence-electron chi connectivity index (χ0n) is 18.9. The molecule has 4 aliphatic rings. The van der Waals surface area contributed by atoms with Gasteiger partial charge >= 0.3 is 0 Å². The van der Waals surface area contributed by atoms with E-state index in [4.69, 9.17) is 4.98 Å². The first-order chi connectivity index (χ1) is 15.2. The lowest BCUT2D eigenvalue weighted by molar-refractivity contribution is -0.135. The smallest absolute Gasteiger partial charge is 0.253 e. The molecule has 0 spiro atoms. The maximum atomic E-state index is 13.3. The molecule has 0 aromatic carbocycles. The molecule has 3 unspecified atom stereocenters. The van der Waals surface area contributed by atoms with Gasteiger partial charge in [0.05, 0.1) is 12.2 Å². The predicted octanol–water partition coefficient (Wildman–Crippen LogP) is 3.33. The molecule has 4 heterocycles. The van der Waals surface area contributed by atoms with Crippen molar-refractivity contribution in [1.29, 1.82) is 0 Å². The van der Waals surface area contributed by atoms with Crippen LogP contribution >= 0.6 is 0 Å². The van der Waals surface area contributed by atoms with Gasteiger partial charge in [-0.05, 0) is 63.8 Å². The number of piperidine rings is 2. The van der Waals surface area contributed by atoms with Crippen LogP contribution in [0.3, 0.4) is 0 Å². The second-order valence-electron chi connectivity index (χ2n) is 10.3. The molecule has 6 heteroatoms. The SMILES string of the molecule is O=C(CN1CCCC2CCCCC21)N1CCCC(c2cc(=O)n3c(n2)CCCCC3)C1. The quantitative estimate of drug-likeness (QED) is 0.744. The van der Waals surface area contributed by atoms with Crippen molar-refractivity contribution in [3.8, 4) is 0 Å². The van der Waals surface area contributed by atoms with Gasteiger partial charge < -0.3 is 4.90 Å². The van der Waals surface area contributed by atoms with E-state index in [-0.39, 0.29) is 17.4 Å². The second kappa shape index (κ2) is 9.43. The number of rotatable bonds is 3. The number of carbonyl (C=O) groups excluding carboxylic acids is 1. The van der Waals surface area contributed by atoms with E-state index in [1.54, 1.807) is 6.07 Å². The Kier molecular flexibility index (Phi) is 6.44. The molecular weight excluding hydrogens is 388 g/mol. The fourth-order valence-corrected chi connectivity index (χ4v) is 6.59. The number of carbonyl (C=O) groups is 1. The summed E-state index contributed by atoms with van der Waals surface area (Å²) < 4.78 is 1.87. The summed E-state index contributed by atoms with van der Waals surface area (Å²) in [6, 6.07) is 2.38. The summed E-state index contributed by atoms with van der Waals surface area (Å²) in [7, 11) is 0. The molecule has 5 rings (SSSR count). The number of aryl methyl sites for hydroxylation is 1. The van der Waals surface area contributed by atoms with E-state index in [0.29, 0.717) is 12.6 Å². The molecule has 0 bridgehead atoms. The highest BCUT2D eigenvalue weighted by Crippen LogP contribution is 2.35. The largest absolute Gasteiger partial charge is 0.341 e. The van der Waals surface area contributed by atoms with Gasteiger partial charge in [-0.3, -0.25) is 19.1 Å². The summed E-state index contributed by atoms with van der Waals surface area (Å²) in [5, 5.41) is 0. The molecule has 3 atom stereocenters. The zero-order chi connectivity index (χ0) is 21.2. The van der Waals surface area contributed by atoms with Gasteiger partial charge in [0.2, 0.25) is 5.91 Å². The molecule has 6 nitrogen and oxygen atoms in total. The standard InChI is InChI=1S/C25H38N4O2/c30-24-16-21(26-23-12-2-1-5-15-29(23)24)20-10-7-14-28(17-20)25(31)18-27-13-6-9-19-8-3-4-11-22(19)27/h16,19-20,22H,1-15,17-18H2. The van der Waals surface area contributed by atoms with Crippen LogP contribution in [-0.4, -0.2) is 57.5 Å². The van der Waals surface area contributed by atoms with Gasteiger partial charge in [-0.2, -0.15) is 0 Å². The van der Waals surface area contributed by atoms with E-state index in [0.717, 1.165) is 75.7 Å². The molecule has 0 N–H and O–H groups in total. The molecule has 1 aromatic rings. The van der Waals surface area contributed by atoms with Gasteiger partial charge in [0, 0.05) is 44.1 Å². The Balaban J connectivity index is 1.26. The molecule has 1 aromatic heterocycles. The Morgan fingerprint density at radius 1 is 0.935 bits per heavy atom. The molecular formula is C25H38N4O2. The van der Waals surface area contributed by atoms with Gasteiger partial charge in [0.25, 0.3) is 5.56 Å². The molecule has 1 amide bonds. The van der Waals surface area contributed by atoms with Gasteiger partial charge in [0.15, 0.2) is 0 Å². The molecule has 1 saturated carbocycles. The summed E-state index contributed by atoms with van der Waals surface area (Å²) in [4.78, 5) is 35.5. The first-order valence-electron chi connectivity index (χ1n) is 12.8. The number of hydrogen-bond donors (Lipinski definition) is 0. The van der Waals surface area contributed by atoms with Crippen molar-refractivity contribution in [2.24, 2.45) is 5.92 Å². The Bertz CT molecular complexity index is 848. The van der Waals surface area contributed by atoms with Crippen LogP contribution in [0.4, 0.5) is 0 Å². The van der Waals surface area contributed by atoms with Crippen LogP contribution in [0.15, 0.2) is 10.9 Å². The molecule has 3 fully saturated rings. The van der Waals surface area contributed by atoms with Crippen LogP contribution in [0, 0.1) is 5.92 Å². The summed E-state index contributed by atoms with van der Waals surface area (Å²) in [6.45, 7) is 4.02. The number of aromatic nitrogens is 2. The molecule has 0 radical (unpaired) electrons. The van der Waals surface area contributed by atoms with Crippen molar-refractivity contribution < 1.29 is 4.79 Å². The van der Waals surface area contributed by atoms with Gasteiger partial charge in [0.1, 0.15) is 5.82 Å². The highest BCUT2D eigenvalue weighted by molar-refractivity contribution is 5.78.